The van der Waals surface area contributed by atoms with Crippen LogP contribution in [-0.4, -0.2) is 25.2 Å². The summed E-state index contributed by atoms with van der Waals surface area (Å²) in [5.74, 6) is -0.141. The van der Waals surface area contributed by atoms with E-state index in [0.29, 0.717) is 26.1 Å². The number of carbonyl (C=O) groups is 2. The minimum atomic E-state index is -0.0704. The molecule has 0 saturated heterocycles. The highest BCUT2D eigenvalue weighted by Crippen LogP contribution is 2.12. The number of cyclic esters (lactones) is 2. The fourth-order valence-corrected chi connectivity index (χ4v) is 3.61. The Labute approximate surface area is 178 Å². The van der Waals surface area contributed by atoms with Crippen molar-refractivity contribution in [3.8, 4) is 0 Å². The third kappa shape index (κ3) is 18.4. The van der Waals surface area contributed by atoms with Crippen LogP contribution in [0, 0.1) is 0 Å². The number of ether oxygens (including phenoxy) is 2. The average Bonchev–Trinajstić information content (AvgIpc) is 2.71. The van der Waals surface area contributed by atoms with Gasteiger partial charge in [-0.25, -0.2) is 0 Å². The predicted molar refractivity (Wildman–Crippen MR) is 119 cm³/mol. The lowest BCUT2D eigenvalue weighted by Crippen LogP contribution is -2.07. The fraction of sp³-hybridized carbons (Fsp3) is 0.840. The molecule has 168 valence electrons. The van der Waals surface area contributed by atoms with Crippen LogP contribution in [-0.2, 0) is 19.1 Å². The van der Waals surface area contributed by atoms with Gasteiger partial charge in [-0.3, -0.25) is 9.59 Å². The van der Waals surface area contributed by atoms with E-state index in [0.717, 1.165) is 44.9 Å². The van der Waals surface area contributed by atoms with E-state index < -0.39 is 0 Å². The van der Waals surface area contributed by atoms with Crippen LogP contribution in [0.15, 0.2) is 12.2 Å². The molecule has 0 aromatic heterocycles. The highest BCUT2D eigenvalue weighted by molar-refractivity contribution is 5.69. The highest BCUT2D eigenvalue weighted by atomic mass is 16.5. The summed E-state index contributed by atoms with van der Waals surface area (Å²) in [6, 6.07) is 0. The Morgan fingerprint density at radius 3 is 1.24 bits per heavy atom. The van der Waals surface area contributed by atoms with Gasteiger partial charge in [0.25, 0.3) is 0 Å². The smallest absolute Gasteiger partial charge is 0.305 e. The fourth-order valence-electron chi connectivity index (χ4n) is 3.61. The Hall–Kier alpha value is -1.32. The van der Waals surface area contributed by atoms with E-state index in [4.69, 9.17) is 9.47 Å². The Kier molecular flexibility index (Phi) is 17.7. The van der Waals surface area contributed by atoms with E-state index in [1.165, 1.54) is 64.2 Å². The van der Waals surface area contributed by atoms with Crippen molar-refractivity contribution in [3.63, 3.8) is 0 Å². The first kappa shape index (κ1) is 25.7. The first-order chi connectivity index (χ1) is 14.3. The molecule has 0 N–H and O–H groups in total. The van der Waals surface area contributed by atoms with Crippen molar-refractivity contribution < 1.29 is 19.1 Å². The first-order valence-electron chi connectivity index (χ1n) is 12.3. The largest absolute Gasteiger partial charge is 0.466 e. The van der Waals surface area contributed by atoms with Crippen LogP contribution in [0.1, 0.15) is 122 Å². The number of rotatable bonds is 0. The molecule has 0 saturated carbocycles. The maximum absolute atomic E-state index is 11.7. The molecule has 0 atom stereocenters. The molecular formula is C25H44O4. The molecule has 29 heavy (non-hydrogen) atoms. The van der Waals surface area contributed by atoms with Crippen LogP contribution in [0.2, 0.25) is 0 Å². The van der Waals surface area contributed by atoms with Gasteiger partial charge in [-0.05, 0) is 57.8 Å². The average molecular weight is 409 g/mol. The second kappa shape index (κ2) is 20.0. The summed E-state index contributed by atoms with van der Waals surface area (Å²) >= 11 is 0. The summed E-state index contributed by atoms with van der Waals surface area (Å²) in [4.78, 5) is 23.4. The van der Waals surface area contributed by atoms with Gasteiger partial charge in [0.05, 0.1) is 13.2 Å². The third-order valence-corrected chi connectivity index (χ3v) is 5.48. The number of hydrogen-bond acceptors (Lipinski definition) is 4. The zero-order chi connectivity index (χ0) is 20.8. The number of carbonyl (C=O) groups excluding carboxylic acids is 2. The Morgan fingerprint density at radius 1 is 0.448 bits per heavy atom. The molecule has 0 bridgehead atoms. The van der Waals surface area contributed by atoms with Crippen LogP contribution in [0.25, 0.3) is 0 Å². The van der Waals surface area contributed by atoms with Gasteiger partial charge in [-0.15, -0.1) is 0 Å². The minimum Gasteiger partial charge on any atom is -0.466 e. The van der Waals surface area contributed by atoms with Gasteiger partial charge in [-0.2, -0.15) is 0 Å². The van der Waals surface area contributed by atoms with Crippen LogP contribution in [0.5, 0.6) is 0 Å². The Balaban J connectivity index is 2.18. The van der Waals surface area contributed by atoms with Gasteiger partial charge in [0.15, 0.2) is 0 Å². The predicted octanol–water partition coefficient (Wildman–Crippen LogP) is 7.05. The van der Waals surface area contributed by atoms with Crippen LogP contribution >= 0.6 is 0 Å². The highest BCUT2D eigenvalue weighted by Gasteiger charge is 2.04. The Bertz CT molecular complexity index is 393. The van der Waals surface area contributed by atoms with Crippen LogP contribution < -0.4 is 0 Å². The molecule has 4 heteroatoms. The second-order valence-corrected chi connectivity index (χ2v) is 8.29. The molecule has 0 unspecified atom stereocenters. The molecule has 1 heterocycles. The van der Waals surface area contributed by atoms with E-state index in [1.54, 1.807) is 0 Å². The maximum atomic E-state index is 11.7. The standard InChI is InChI=1S/C25H44O4/c26-24-20-16-13-11-9-7-5-3-1-2-4-6-8-10-12-14-17-21-25(27)29-23-19-15-18-22-28-24/h1-2H,3-23H2/b2-1+. The molecule has 1 aliphatic rings. The summed E-state index contributed by atoms with van der Waals surface area (Å²) in [5.41, 5.74) is 0. The molecular weight excluding hydrogens is 364 g/mol. The molecule has 1 rings (SSSR count). The SMILES string of the molecule is O=C1CCCCCCCC/C=C/CCCCCCCCC(=O)OCCCCCO1. The van der Waals surface area contributed by atoms with Crippen molar-refractivity contribution in [2.24, 2.45) is 0 Å². The van der Waals surface area contributed by atoms with Gasteiger partial charge in [-0.1, -0.05) is 63.5 Å². The first-order valence-corrected chi connectivity index (χ1v) is 12.3. The van der Waals surface area contributed by atoms with Crippen molar-refractivity contribution in [2.75, 3.05) is 13.2 Å². The Morgan fingerprint density at radius 2 is 0.793 bits per heavy atom. The molecule has 1 aliphatic heterocycles. The van der Waals surface area contributed by atoms with Crippen LogP contribution in [0.3, 0.4) is 0 Å². The molecule has 0 amide bonds. The van der Waals surface area contributed by atoms with Gasteiger partial charge in [0.2, 0.25) is 0 Å². The summed E-state index contributed by atoms with van der Waals surface area (Å²) < 4.78 is 10.6. The second-order valence-electron chi connectivity index (χ2n) is 8.29. The minimum absolute atomic E-state index is 0.0704. The maximum Gasteiger partial charge on any atom is 0.305 e. The summed E-state index contributed by atoms with van der Waals surface area (Å²) in [6.45, 7) is 0.973. The van der Waals surface area contributed by atoms with E-state index in [2.05, 4.69) is 12.2 Å². The molecule has 4 nitrogen and oxygen atoms in total. The van der Waals surface area contributed by atoms with Crippen molar-refractivity contribution in [1.82, 2.24) is 0 Å². The van der Waals surface area contributed by atoms with Gasteiger partial charge >= 0.3 is 11.9 Å². The summed E-state index contributed by atoms with van der Waals surface area (Å²) in [6.07, 6.45) is 25.0. The van der Waals surface area contributed by atoms with Crippen molar-refractivity contribution in [3.05, 3.63) is 12.2 Å². The van der Waals surface area contributed by atoms with E-state index in [-0.39, 0.29) is 11.9 Å². The molecule has 0 aromatic rings. The number of allylic oxidation sites excluding steroid dienone is 2. The molecule has 0 aromatic carbocycles. The number of esters is 2. The monoisotopic (exact) mass is 408 g/mol. The van der Waals surface area contributed by atoms with Crippen molar-refractivity contribution >= 4 is 11.9 Å². The lowest BCUT2D eigenvalue weighted by molar-refractivity contribution is -0.144. The van der Waals surface area contributed by atoms with Crippen molar-refractivity contribution in [1.29, 1.82) is 0 Å². The van der Waals surface area contributed by atoms with Gasteiger partial charge < -0.3 is 9.47 Å². The molecule has 0 radical (unpaired) electrons. The zero-order valence-electron chi connectivity index (χ0n) is 18.6. The third-order valence-electron chi connectivity index (χ3n) is 5.48. The van der Waals surface area contributed by atoms with Crippen molar-refractivity contribution in [2.45, 2.75) is 122 Å². The number of hydrogen-bond donors (Lipinski definition) is 0. The summed E-state index contributed by atoms with van der Waals surface area (Å²) in [7, 11) is 0. The molecule has 0 aliphatic carbocycles. The topological polar surface area (TPSA) is 52.6 Å². The normalized spacial score (nSPS) is 23.3. The molecule has 0 spiro atoms. The van der Waals surface area contributed by atoms with Gasteiger partial charge in [0.1, 0.15) is 0 Å². The van der Waals surface area contributed by atoms with Crippen LogP contribution in [0.4, 0.5) is 0 Å². The zero-order valence-corrected chi connectivity index (χ0v) is 18.6. The van der Waals surface area contributed by atoms with E-state index in [1.807, 2.05) is 0 Å². The van der Waals surface area contributed by atoms with E-state index >= 15 is 0 Å². The molecule has 0 fully saturated rings. The quantitative estimate of drug-likeness (QED) is 0.318. The lowest BCUT2D eigenvalue weighted by Gasteiger charge is -2.06. The van der Waals surface area contributed by atoms with E-state index in [9.17, 15) is 9.59 Å². The lowest BCUT2D eigenvalue weighted by atomic mass is 10.1. The summed E-state index contributed by atoms with van der Waals surface area (Å²) in [5, 5.41) is 0. The van der Waals surface area contributed by atoms with Gasteiger partial charge in [0, 0.05) is 12.8 Å².